The Morgan fingerprint density at radius 2 is 2.18 bits per heavy atom. The van der Waals surface area contributed by atoms with Crippen LogP contribution in [0.15, 0.2) is 18.2 Å². The maximum atomic E-state index is 13.8. The lowest BCUT2D eigenvalue weighted by molar-refractivity contribution is 0.0925. The number of rotatable bonds is 2. The first kappa shape index (κ1) is 12.1. The van der Waals surface area contributed by atoms with E-state index < -0.39 is 5.82 Å². The van der Waals surface area contributed by atoms with Gasteiger partial charge >= 0.3 is 0 Å². The maximum absolute atomic E-state index is 13.8. The van der Waals surface area contributed by atoms with Crippen molar-refractivity contribution in [3.05, 3.63) is 35.1 Å². The summed E-state index contributed by atoms with van der Waals surface area (Å²) in [7, 11) is 0. The van der Waals surface area contributed by atoms with Gasteiger partial charge in [-0.3, -0.25) is 4.79 Å². The highest BCUT2D eigenvalue weighted by molar-refractivity contribution is 5.94. The highest BCUT2D eigenvalue weighted by Gasteiger charge is 2.26. The van der Waals surface area contributed by atoms with E-state index in [1.54, 1.807) is 19.1 Å². The van der Waals surface area contributed by atoms with Crippen LogP contribution >= 0.6 is 0 Å². The van der Waals surface area contributed by atoms with E-state index in [2.05, 4.69) is 12.2 Å². The van der Waals surface area contributed by atoms with Crippen LogP contribution in [0, 0.1) is 18.7 Å². The lowest BCUT2D eigenvalue weighted by Gasteiger charge is -2.17. The molecule has 0 saturated heterocycles. The third-order valence-electron chi connectivity index (χ3n) is 3.61. The summed E-state index contributed by atoms with van der Waals surface area (Å²) < 4.78 is 13.8. The van der Waals surface area contributed by atoms with Crippen LogP contribution in [0.3, 0.4) is 0 Å². The fourth-order valence-corrected chi connectivity index (χ4v) is 2.43. The molecule has 17 heavy (non-hydrogen) atoms. The Hall–Kier alpha value is -1.38. The lowest BCUT2D eigenvalue weighted by Crippen LogP contribution is -2.36. The van der Waals surface area contributed by atoms with E-state index >= 15 is 0 Å². The summed E-state index contributed by atoms with van der Waals surface area (Å²) in [5.74, 6) is -0.201. The molecule has 1 aromatic carbocycles. The molecule has 1 aliphatic carbocycles. The first-order valence-corrected chi connectivity index (χ1v) is 6.15. The van der Waals surface area contributed by atoms with Crippen molar-refractivity contribution in [1.82, 2.24) is 5.32 Å². The minimum absolute atomic E-state index is 0.157. The van der Waals surface area contributed by atoms with Gasteiger partial charge in [-0.05, 0) is 37.3 Å². The molecule has 1 amide bonds. The van der Waals surface area contributed by atoms with Crippen molar-refractivity contribution in [2.75, 3.05) is 0 Å². The maximum Gasteiger partial charge on any atom is 0.254 e. The molecule has 92 valence electrons. The first-order chi connectivity index (χ1) is 8.09. The Morgan fingerprint density at radius 1 is 1.41 bits per heavy atom. The minimum Gasteiger partial charge on any atom is -0.349 e. The molecule has 2 unspecified atom stereocenters. The third kappa shape index (κ3) is 2.48. The number of halogens is 1. The van der Waals surface area contributed by atoms with Crippen LogP contribution in [0.25, 0.3) is 0 Å². The van der Waals surface area contributed by atoms with Gasteiger partial charge in [0.2, 0.25) is 0 Å². The monoisotopic (exact) mass is 235 g/mol. The van der Waals surface area contributed by atoms with E-state index in [-0.39, 0.29) is 17.5 Å². The Bertz CT molecular complexity index is 430. The predicted molar refractivity (Wildman–Crippen MR) is 65.4 cm³/mol. The molecule has 2 nitrogen and oxygen atoms in total. The molecule has 0 spiro atoms. The topological polar surface area (TPSA) is 29.1 Å². The summed E-state index contributed by atoms with van der Waals surface area (Å²) in [5, 5.41) is 2.93. The zero-order chi connectivity index (χ0) is 12.4. The largest absolute Gasteiger partial charge is 0.349 e. The molecule has 2 rings (SSSR count). The van der Waals surface area contributed by atoms with E-state index in [0.717, 1.165) is 19.3 Å². The second-order valence-electron chi connectivity index (χ2n) is 4.92. The molecule has 3 heteroatoms. The molecule has 1 N–H and O–H groups in total. The fourth-order valence-electron chi connectivity index (χ4n) is 2.43. The van der Waals surface area contributed by atoms with Gasteiger partial charge in [-0.2, -0.15) is 0 Å². The van der Waals surface area contributed by atoms with Gasteiger partial charge in [0.25, 0.3) is 5.91 Å². The lowest BCUT2D eigenvalue weighted by atomic mass is 10.1. The number of hydrogen-bond acceptors (Lipinski definition) is 1. The normalized spacial score (nSPS) is 23.7. The average molecular weight is 235 g/mol. The molecule has 0 heterocycles. The Kier molecular flexibility index (Phi) is 3.46. The zero-order valence-electron chi connectivity index (χ0n) is 10.3. The smallest absolute Gasteiger partial charge is 0.254 e. The van der Waals surface area contributed by atoms with E-state index in [0.29, 0.717) is 11.5 Å². The molecule has 2 atom stereocenters. The van der Waals surface area contributed by atoms with Gasteiger partial charge in [0.15, 0.2) is 0 Å². The third-order valence-corrected chi connectivity index (χ3v) is 3.61. The van der Waals surface area contributed by atoms with Crippen LogP contribution in [0.1, 0.15) is 42.1 Å². The van der Waals surface area contributed by atoms with Gasteiger partial charge in [0.1, 0.15) is 5.82 Å². The highest BCUT2D eigenvalue weighted by Crippen LogP contribution is 2.25. The molecular weight excluding hydrogens is 217 g/mol. The van der Waals surface area contributed by atoms with Crippen molar-refractivity contribution in [3.63, 3.8) is 0 Å². The molecule has 0 aromatic heterocycles. The molecule has 1 saturated carbocycles. The molecule has 1 aliphatic rings. The molecular formula is C14H18FNO. The minimum atomic E-state index is -0.407. The van der Waals surface area contributed by atoms with Crippen molar-refractivity contribution in [1.29, 1.82) is 0 Å². The zero-order valence-corrected chi connectivity index (χ0v) is 10.3. The van der Waals surface area contributed by atoms with Gasteiger partial charge in [-0.15, -0.1) is 0 Å². The summed E-state index contributed by atoms with van der Waals surface area (Å²) in [6, 6.07) is 5.12. The second kappa shape index (κ2) is 4.86. The van der Waals surface area contributed by atoms with Crippen LogP contribution in [0.5, 0.6) is 0 Å². The number of nitrogens with one attached hydrogen (secondary N) is 1. The summed E-state index contributed by atoms with van der Waals surface area (Å²) >= 11 is 0. The van der Waals surface area contributed by atoms with Crippen LogP contribution in [0.2, 0.25) is 0 Å². The van der Waals surface area contributed by atoms with Crippen LogP contribution in [-0.4, -0.2) is 11.9 Å². The molecule has 0 bridgehead atoms. The van der Waals surface area contributed by atoms with E-state index in [9.17, 15) is 9.18 Å². The molecule has 0 aliphatic heterocycles. The Balaban J connectivity index is 2.12. The molecule has 0 radical (unpaired) electrons. The predicted octanol–water partition coefficient (Wildman–Crippen LogP) is 3.05. The Morgan fingerprint density at radius 3 is 2.82 bits per heavy atom. The van der Waals surface area contributed by atoms with Gasteiger partial charge in [-0.1, -0.05) is 25.5 Å². The number of aryl methyl sites for hydroxylation is 1. The quantitative estimate of drug-likeness (QED) is 0.838. The standard InChI is InChI=1S/C14H18FNO/c1-9-5-4-8-12(9)16-14(17)11-7-3-6-10(2)13(11)15/h3,6-7,9,12H,4-5,8H2,1-2H3,(H,16,17). The summed E-state index contributed by atoms with van der Waals surface area (Å²) in [6.07, 6.45) is 3.28. The van der Waals surface area contributed by atoms with E-state index in [1.165, 1.54) is 6.07 Å². The number of benzene rings is 1. The average Bonchev–Trinajstić information content (AvgIpc) is 2.68. The van der Waals surface area contributed by atoms with Gasteiger partial charge in [-0.25, -0.2) is 4.39 Å². The fraction of sp³-hybridized carbons (Fsp3) is 0.500. The van der Waals surface area contributed by atoms with Crippen molar-refractivity contribution in [2.24, 2.45) is 5.92 Å². The summed E-state index contributed by atoms with van der Waals surface area (Å²) in [4.78, 5) is 12.0. The van der Waals surface area contributed by atoms with Gasteiger partial charge in [0.05, 0.1) is 5.56 Å². The number of carbonyl (C=O) groups excluding carboxylic acids is 1. The Labute approximate surface area is 101 Å². The number of hydrogen-bond donors (Lipinski definition) is 1. The highest BCUT2D eigenvalue weighted by atomic mass is 19.1. The van der Waals surface area contributed by atoms with Crippen molar-refractivity contribution in [2.45, 2.75) is 39.2 Å². The second-order valence-corrected chi connectivity index (χ2v) is 4.92. The molecule has 1 aromatic rings. The van der Waals surface area contributed by atoms with Crippen LogP contribution < -0.4 is 5.32 Å². The SMILES string of the molecule is Cc1cccc(C(=O)NC2CCCC2C)c1F. The number of carbonyl (C=O) groups is 1. The van der Waals surface area contributed by atoms with Crippen LogP contribution in [-0.2, 0) is 0 Å². The summed E-state index contributed by atoms with van der Waals surface area (Å²) in [6.45, 7) is 3.80. The summed E-state index contributed by atoms with van der Waals surface area (Å²) in [5.41, 5.74) is 0.668. The van der Waals surface area contributed by atoms with E-state index in [1.807, 2.05) is 0 Å². The van der Waals surface area contributed by atoms with Crippen molar-refractivity contribution < 1.29 is 9.18 Å². The number of amides is 1. The van der Waals surface area contributed by atoms with Gasteiger partial charge in [0, 0.05) is 6.04 Å². The van der Waals surface area contributed by atoms with Crippen molar-refractivity contribution in [3.8, 4) is 0 Å². The molecule has 1 fully saturated rings. The van der Waals surface area contributed by atoms with E-state index in [4.69, 9.17) is 0 Å². The van der Waals surface area contributed by atoms with Crippen molar-refractivity contribution >= 4 is 5.91 Å². The van der Waals surface area contributed by atoms with Gasteiger partial charge < -0.3 is 5.32 Å². The van der Waals surface area contributed by atoms with Crippen LogP contribution in [0.4, 0.5) is 4.39 Å². The first-order valence-electron chi connectivity index (χ1n) is 6.15.